The van der Waals surface area contributed by atoms with Gasteiger partial charge in [-0.05, 0) is 0 Å². The van der Waals surface area contributed by atoms with E-state index in [4.69, 9.17) is 0 Å². The quantitative estimate of drug-likeness (QED) is 0.263. The largest absolute Gasteiger partial charge is 0.870 e. The van der Waals surface area contributed by atoms with Crippen LogP contribution in [0.4, 0.5) is 0 Å². The van der Waals surface area contributed by atoms with Gasteiger partial charge in [-0.1, -0.05) is 0 Å². The third kappa shape index (κ3) is 57.4. The first kappa shape index (κ1) is 84.3. The Kier molecular flexibility index (Phi) is 633. The van der Waals surface area contributed by atoms with E-state index in [1.165, 1.54) is 0 Å². The van der Waals surface area contributed by atoms with E-state index in [2.05, 4.69) is 0 Å². The van der Waals surface area contributed by atoms with Gasteiger partial charge in [-0.2, -0.15) is 0 Å². The molecule has 0 rings (SSSR count). The van der Waals surface area contributed by atoms with Crippen LogP contribution in [0.3, 0.4) is 0 Å². The number of hydrogen-bond acceptors (Lipinski definition) is 1. The Morgan fingerprint density at radius 3 is 0.667 bits per heavy atom. The Morgan fingerprint density at radius 1 is 0.667 bits per heavy atom. The predicted octanol–water partition coefficient (Wildman–Crippen LogP) is -6.48. The minimum Gasteiger partial charge on any atom is -0.870 e. The molecule has 9 heteroatoms. The molecular formula is H16Ga2In2Mg2OZn2. The molecule has 0 heterocycles. The molecule has 0 atom stereocenters. The molecule has 0 aromatic carbocycles. The maximum atomic E-state index is 0. The average Bonchev–Trinajstić information content (AvgIpc) is 0. The predicted molar refractivity (Wildman–Crippen MR) is 57.4 cm³/mol. The van der Waals surface area contributed by atoms with Crippen molar-refractivity contribution in [3.8, 4) is 0 Å². The van der Waals surface area contributed by atoms with Crippen molar-refractivity contribution in [3.05, 3.63) is 0 Å². The summed E-state index contributed by atoms with van der Waals surface area (Å²) in [6.45, 7) is 0. The average molecular weight is 581 g/mol. The maximum Gasteiger partial charge on any atom is 0.316 e. The third-order valence-corrected chi connectivity index (χ3v) is 0. The summed E-state index contributed by atoms with van der Waals surface area (Å²) in [5.41, 5.74) is 0. The van der Waals surface area contributed by atoms with Crippen molar-refractivity contribution in [2.75, 3.05) is 0 Å². The van der Waals surface area contributed by atoms with Crippen LogP contribution in [-0.2, 0) is 39.0 Å². The Hall–Kier alpha value is 5.75. The fourth-order valence-electron chi connectivity index (χ4n) is 0. The van der Waals surface area contributed by atoms with Gasteiger partial charge in [-0.15, -0.1) is 0 Å². The van der Waals surface area contributed by atoms with Crippen LogP contribution in [0.2, 0.25) is 0 Å². The van der Waals surface area contributed by atoms with Gasteiger partial charge in [0.2, 0.25) is 0 Å². The zero-order valence-corrected chi connectivity index (χ0v) is 10.8. The summed E-state index contributed by atoms with van der Waals surface area (Å²) in [6, 6.07) is 0. The van der Waals surface area contributed by atoms with Crippen molar-refractivity contribution < 1.29 is 44.4 Å². The second-order valence-corrected chi connectivity index (χ2v) is 0. The van der Waals surface area contributed by atoms with Crippen LogP contribution in [0.5, 0.6) is 0 Å². The minimum absolute atomic E-state index is 0. The molecule has 0 bridgehead atoms. The molecule has 0 spiro atoms. The number of hydrogen-bond donors (Lipinski definition) is 0. The van der Waals surface area contributed by atoms with Gasteiger partial charge in [0.1, 0.15) is 0 Å². The first-order valence-corrected chi connectivity index (χ1v) is 0. The topological polar surface area (TPSA) is 30.0 Å². The smallest absolute Gasteiger partial charge is 0.316 e. The van der Waals surface area contributed by atoms with E-state index in [0.717, 1.165) is 0 Å². The molecule has 9 heavy (non-hydrogen) atoms. The summed E-state index contributed by atoms with van der Waals surface area (Å²) in [4.78, 5) is 0. The molecule has 0 amide bonds. The molecular weight excluding hydrogens is 564 g/mol. The molecule has 0 aromatic heterocycles. The second-order valence-electron chi connectivity index (χ2n) is 0. The molecule has 0 fully saturated rings. The van der Waals surface area contributed by atoms with Crippen molar-refractivity contribution in [2.45, 2.75) is 0 Å². The molecule has 0 saturated carbocycles. The first-order chi connectivity index (χ1) is 0. The van der Waals surface area contributed by atoms with Crippen LogP contribution < -0.4 is 0 Å². The summed E-state index contributed by atoms with van der Waals surface area (Å²) in [5, 5.41) is 0. The van der Waals surface area contributed by atoms with Gasteiger partial charge in [0.15, 0.2) is 0 Å². The van der Waals surface area contributed by atoms with Crippen molar-refractivity contribution in [1.82, 2.24) is 0 Å². The SMILES string of the molecule is [GaH3].[GaH3].[InH3].[InH3].[MgH+].[MgH2].[OH-].[Zn].[Zn]. The maximum absolute atomic E-state index is 0. The van der Waals surface area contributed by atoms with Gasteiger partial charge in [0.05, 0.1) is 0 Å². The van der Waals surface area contributed by atoms with E-state index in [1.807, 2.05) is 0 Å². The Bertz CT molecular complexity index is 20.5. The zero-order chi connectivity index (χ0) is 0. The van der Waals surface area contributed by atoms with Crippen molar-refractivity contribution in [3.63, 3.8) is 0 Å². The zero-order valence-electron chi connectivity index (χ0n) is 2.86. The molecule has 0 aliphatic heterocycles. The monoisotopic (exact) mass is 576 g/mol. The molecule has 0 aliphatic carbocycles. The van der Waals surface area contributed by atoms with Crippen molar-refractivity contribution in [2.24, 2.45) is 0 Å². The Morgan fingerprint density at radius 2 is 0.667 bits per heavy atom. The van der Waals surface area contributed by atoms with E-state index >= 15 is 0 Å². The first-order valence-electron chi connectivity index (χ1n) is 0. The fraction of sp³-hybridized carbons (Fsp3) is 0. The van der Waals surface area contributed by atoms with Gasteiger partial charge in [-0.3, -0.25) is 0 Å². The molecule has 0 aromatic rings. The van der Waals surface area contributed by atoms with Crippen LogP contribution in [0.15, 0.2) is 0 Å². The van der Waals surface area contributed by atoms with Crippen LogP contribution in [0, 0.1) is 0 Å². The summed E-state index contributed by atoms with van der Waals surface area (Å²) in [6.07, 6.45) is 0. The summed E-state index contributed by atoms with van der Waals surface area (Å²) in [7, 11) is 0. The molecule has 0 saturated heterocycles. The van der Waals surface area contributed by atoms with Crippen LogP contribution >= 0.6 is 0 Å². The summed E-state index contributed by atoms with van der Waals surface area (Å²) < 4.78 is 0. The van der Waals surface area contributed by atoms with Gasteiger partial charge >= 0.3 is 137 Å². The van der Waals surface area contributed by atoms with E-state index in [9.17, 15) is 0 Å². The molecule has 0 unspecified atom stereocenters. The van der Waals surface area contributed by atoms with E-state index < -0.39 is 0 Å². The van der Waals surface area contributed by atoms with Gasteiger partial charge in [-0.25, -0.2) is 0 Å². The van der Waals surface area contributed by atoms with E-state index in [-0.39, 0.29) is 182 Å². The van der Waals surface area contributed by atoms with Crippen molar-refractivity contribution in [1.29, 1.82) is 0 Å². The fourth-order valence-corrected chi connectivity index (χ4v) is 0. The minimum atomic E-state index is 0. The third-order valence-electron chi connectivity index (χ3n) is 0. The standard InChI is InChI=1S/2Ga.2In.2Mg.H2O.2Zn.15H/h;;;;;;1H2;;;;;;;;;;;;;;;;;/q;;;;;+1;;;;;;;;;;;;;;;;;;/p-1. The molecule has 42 valence electrons. The van der Waals surface area contributed by atoms with Gasteiger partial charge in [0.25, 0.3) is 0 Å². The summed E-state index contributed by atoms with van der Waals surface area (Å²) >= 11 is 0. The molecule has 0 aliphatic rings. The summed E-state index contributed by atoms with van der Waals surface area (Å²) in [5.74, 6) is 0. The Labute approximate surface area is 177 Å². The normalized spacial score (nSPS) is 0. The van der Waals surface area contributed by atoms with Crippen LogP contribution in [0.25, 0.3) is 0 Å². The van der Waals surface area contributed by atoms with E-state index in [0.29, 0.717) is 0 Å². The molecule has 1 nitrogen and oxygen atoms in total. The van der Waals surface area contributed by atoms with Gasteiger partial charge < -0.3 is 5.48 Å². The Balaban J connectivity index is 0. The molecule has 0 radical (unpaired) electrons. The van der Waals surface area contributed by atoms with Crippen LogP contribution in [-0.4, -0.2) is 143 Å². The van der Waals surface area contributed by atoms with Gasteiger partial charge in [0, 0.05) is 39.0 Å². The second kappa shape index (κ2) is 67.6. The number of rotatable bonds is 0. The van der Waals surface area contributed by atoms with Crippen molar-refractivity contribution >= 4 is 137 Å². The van der Waals surface area contributed by atoms with E-state index in [1.54, 1.807) is 0 Å². The molecule has 1 N–H and O–H groups in total. The van der Waals surface area contributed by atoms with Crippen LogP contribution in [0.1, 0.15) is 0 Å².